The summed E-state index contributed by atoms with van der Waals surface area (Å²) in [6, 6.07) is 8.30. The number of aromatic carboxylic acids is 1. The molecular formula is C13H20O5. The topological polar surface area (TPSA) is 76.0 Å². The van der Waals surface area contributed by atoms with Crippen LogP contribution >= 0.6 is 0 Å². The molecule has 1 aromatic rings. The van der Waals surface area contributed by atoms with Crippen LogP contribution in [0.4, 0.5) is 0 Å². The Morgan fingerprint density at radius 2 is 1.72 bits per heavy atom. The predicted octanol–water partition coefficient (Wildman–Crippen LogP) is 1.42. The summed E-state index contributed by atoms with van der Waals surface area (Å²) in [6.07, 6.45) is 0. The van der Waals surface area contributed by atoms with Crippen molar-refractivity contribution < 1.29 is 24.5 Å². The molecule has 1 rings (SSSR count). The first-order valence-electron chi connectivity index (χ1n) is 5.77. The zero-order valence-electron chi connectivity index (χ0n) is 10.5. The molecular weight excluding hydrogens is 236 g/mol. The lowest BCUT2D eigenvalue weighted by molar-refractivity contribution is 0.0370. The van der Waals surface area contributed by atoms with Gasteiger partial charge in [0.15, 0.2) is 0 Å². The molecule has 0 spiro atoms. The van der Waals surface area contributed by atoms with E-state index in [-0.39, 0.29) is 6.61 Å². The van der Waals surface area contributed by atoms with Crippen molar-refractivity contribution in [3.63, 3.8) is 0 Å². The maximum atomic E-state index is 10.2. The Morgan fingerprint density at radius 3 is 2.17 bits per heavy atom. The predicted molar refractivity (Wildman–Crippen MR) is 67.8 cm³/mol. The average Bonchev–Trinajstić information content (AvgIpc) is 2.40. The molecule has 0 radical (unpaired) electrons. The van der Waals surface area contributed by atoms with Crippen LogP contribution in [-0.4, -0.2) is 49.2 Å². The monoisotopic (exact) mass is 256 g/mol. The van der Waals surface area contributed by atoms with Crippen LogP contribution in [0, 0.1) is 0 Å². The number of aliphatic hydroxyl groups excluding tert-OH is 1. The van der Waals surface area contributed by atoms with Crippen LogP contribution in [0.5, 0.6) is 0 Å². The van der Waals surface area contributed by atoms with E-state index in [1.165, 1.54) is 0 Å². The van der Waals surface area contributed by atoms with Gasteiger partial charge in [-0.15, -0.1) is 0 Å². The SMILES string of the molecule is CCOCCOCCO.O=C(O)c1ccccc1. The zero-order chi connectivity index (χ0) is 13.6. The van der Waals surface area contributed by atoms with Crippen LogP contribution in [0.2, 0.25) is 0 Å². The minimum atomic E-state index is -0.879. The summed E-state index contributed by atoms with van der Waals surface area (Å²) in [5, 5.41) is 16.6. The van der Waals surface area contributed by atoms with Crippen molar-refractivity contribution in [3.05, 3.63) is 35.9 Å². The molecule has 0 amide bonds. The van der Waals surface area contributed by atoms with Crippen LogP contribution < -0.4 is 0 Å². The third-order valence-electron chi connectivity index (χ3n) is 1.83. The number of hydrogen-bond acceptors (Lipinski definition) is 4. The molecule has 2 N–H and O–H groups in total. The average molecular weight is 256 g/mol. The molecule has 0 saturated carbocycles. The standard InChI is InChI=1S/C7H6O2.C6H14O3/c8-7(9)6-4-2-1-3-5-6;1-2-8-5-6-9-4-3-7/h1-5H,(H,8,9);7H,2-6H2,1H3. The lowest BCUT2D eigenvalue weighted by Crippen LogP contribution is -2.06. The quantitative estimate of drug-likeness (QED) is 0.721. The van der Waals surface area contributed by atoms with Crippen molar-refractivity contribution in [1.29, 1.82) is 0 Å². The summed E-state index contributed by atoms with van der Waals surface area (Å²) >= 11 is 0. The fraction of sp³-hybridized carbons (Fsp3) is 0.462. The van der Waals surface area contributed by atoms with E-state index >= 15 is 0 Å². The number of carboxylic acid groups (broad SMARTS) is 1. The van der Waals surface area contributed by atoms with E-state index in [1.54, 1.807) is 30.3 Å². The Hall–Kier alpha value is -1.43. The van der Waals surface area contributed by atoms with E-state index in [2.05, 4.69) is 0 Å². The Bertz CT molecular complexity index is 294. The molecule has 5 nitrogen and oxygen atoms in total. The number of ether oxygens (including phenoxy) is 2. The Balaban J connectivity index is 0.000000321. The third kappa shape index (κ3) is 9.77. The number of rotatable bonds is 7. The van der Waals surface area contributed by atoms with E-state index < -0.39 is 5.97 Å². The highest BCUT2D eigenvalue weighted by Crippen LogP contribution is 1.96. The third-order valence-corrected chi connectivity index (χ3v) is 1.83. The lowest BCUT2D eigenvalue weighted by atomic mass is 10.2. The number of aliphatic hydroxyl groups is 1. The molecule has 0 saturated heterocycles. The van der Waals surface area contributed by atoms with Crippen LogP contribution in [0.25, 0.3) is 0 Å². The fourth-order valence-corrected chi connectivity index (χ4v) is 1.01. The lowest BCUT2D eigenvalue weighted by Gasteiger charge is -2.00. The molecule has 0 atom stereocenters. The van der Waals surface area contributed by atoms with Crippen LogP contribution in [0.3, 0.4) is 0 Å². The van der Waals surface area contributed by atoms with Crippen molar-refractivity contribution in [3.8, 4) is 0 Å². The van der Waals surface area contributed by atoms with Gasteiger partial charge in [0.1, 0.15) is 0 Å². The second-order valence-electron chi connectivity index (χ2n) is 3.20. The summed E-state index contributed by atoms with van der Waals surface area (Å²) < 4.78 is 9.88. The molecule has 5 heteroatoms. The summed E-state index contributed by atoms with van der Waals surface area (Å²) in [6.45, 7) is 4.36. The maximum absolute atomic E-state index is 10.2. The molecule has 0 aromatic heterocycles. The smallest absolute Gasteiger partial charge is 0.335 e. The van der Waals surface area contributed by atoms with Gasteiger partial charge in [-0.1, -0.05) is 18.2 Å². The van der Waals surface area contributed by atoms with Gasteiger partial charge in [0.2, 0.25) is 0 Å². The Morgan fingerprint density at radius 1 is 1.11 bits per heavy atom. The molecule has 0 aliphatic heterocycles. The molecule has 0 aliphatic carbocycles. The van der Waals surface area contributed by atoms with Crippen molar-refractivity contribution in [2.75, 3.05) is 33.0 Å². The fourth-order valence-electron chi connectivity index (χ4n) is 1.01. The molecule has 0 fully saturated rings. The molecule has 0 unspecified atom stereocenters. The summed E-state index contributed by atoms with van der Waals surface area (Å²) in [4.78, 5) is 10.2. The first-order valence-corrected chi connectivity index (χ1v) is 5.77. The highest BCUT2D eigenvalue weighted by molar-refractivity contribution is 5.87. The first kappa shape index (κ1) is 16.6. The van der Waals surface area contributed by atoms with Crippen molar-refractivity contribution in [2.24, 2.45) is 0 Å². The van der Waals surface area contributed by atoms with Crippen molar-refractivity contribution >= 4 is 5.97 Å². The van der Waals surface area contributed by atoms with E-state index in [9.17, 15) is 4.79 Å². The summed E-state index contributed by atoms with van der Waals surface area (Å²) in [5.41, 5.74) is 0.331. The minimum absolute atomic E-state index is 0.0894. The van der Waals surface area contributed by atoms with Gasteiger partial charge in [0.05, 0.1) is 32.0 Å². The van der Waals surface area contributed by atoms with Gasteiger partial charge in [-0.3, -0.25) is 0 Å². The maximum Gasteiger partial charge on any atom is 0.335 e. The van der Waals surface area contributed by atoms with Crippen LogP contribution in [-0.2, 0) is 9.47 Å². The number of carboxylic acids is 1. The molecule has 102 valence electrons. The highest BCUT2D eigenvalue weighted by Gasteiger charge is 1.96. The minimum Gasteiger partial charge on any atom is -0.478 e. The largest absolute Gasteiger partial charge is 0.478 e. The van der Waals surface area contributed by atoms with E-state index in [0.717, 1.165) is 6.61 Å². The molecule has 0 bridgehead atoms. The van der Waals surface area contributed by atoms with E-state index in [1.807, 2.05) is 6.92 Å². The van der Waals surface area contributed by atoms with Gasteiger partial charge in [0, 0.05) is 6.61 Å². The number of hydrogen-bond donors (Lipinski definition) is 2. The van der Waals surface area contributed by atoms with E-state index in [0.29, 0.717) is 25.4 Å². The number of benzene rings is 1. The molecule has 1 aromatic carbocycles. The zero-order valence-corrected chi connectivity index (χ0v) is 10.5. The summed E-state index contributed by atoms with van der Waals surface area (Å²) in [7, 11) is 0. The van der Waals surface area contributed by atoms with E-state index in [4.69, 9.17) is 19.7 Å². The molecule has 18 heavy (non-hydrogen) atoms. The van der Waals surface area contributed by atoms with Crippen LogP contribution in [0.1, 0.15) is 17.3 Å². The first-order chi connectivity index (χ1) is 8.72. The van der Waals surface area contributed by atoms with Crippen molar-refractivity contribution in [1.82, 2.24) is 0 Å². The Kier molecular flexibility index (Phi) is 11.1. The van der Waals surface area contributed by atoms with Gasteiger partial charge in [-0.05, 0) is 19.1 Å². The van der Waals surface area contributed by atoms with Gasteiger partial charge < -0.3 is 19.7 Å². The van der Waals surface area contributed by atoms with Gasteiger partial charge >= 0.3 is 5.97 Å². The van der Waals surface area contributed by atoms with Gasteiger partial charge in [-0.25, -0.2) is 4.79 Å². The summed E-state index contributed by atoms with van der Waals surface area (Å²) in [5.74, 6) is -0.879. The second-order valence-corrected chi connectivity index (χ2v) is 3.20. The van der Waals surface area contributed by atoms with Crippen LogP contribution in [0.15, 0.2) is 30.3 Å². The molecule has 0 heterocycles. The molecule has 0 aliphatic rings. The van der Waals surface area contributed by atoms with Crippen molar-refractivity contribution in [2.45, 2.75) is 6.92 Å². The van der Waals surface area contributed by atoms with Gasteiger partial charge in [-0.2, -0.15) is 0 Å². The van der Waals surface area contributed by atoms with Gasteiger partial charge in [0.25, 0.3) is 0 Å². The highest BCUT2D eigenvalue weighted by atomic mass is 16.5. The second kappa shape index (κ2) is 12.0. The Labute approximate surface area is 107 Å². The number of carbonyl (C=O) groups is 1. The normalized spacial score (nSPS) is 9.44.